The molecule has 4 heteroatoms. The molecule has 14 heavy (non-hydrogen) atoms. The van der Waals surface area contributed by atoms with Gasteiger partial charge in [0, 0.05) is 25.0 Å². The lowest BCUT2D eigenvalue weighted by atomic mass is 10.0. The summed E-state index contributed by atoms with van der Waals surface area (Å²) < 4.78 is 5.36. The van der Waals surface area contributed by atoms with E-state index in [2.05, 4.69) is 0 Å². The molecule has 1 amide bonds. The molecule has 82 valence electrons. The van der Waals surface area contributed by atoms with Crippen LogP contribution in [0, 0.1) is 0 Å². The fraction of sp³-hybridized carbons (Fsp3) is 0.900. The van der Waals surface area contributed by atoms with Crippen molar-refractivity contribution in [3.63, 3.8) is 0 Å². The SMILES string of the molecule is CC1CN(C(=O)CC(C)(C)N)CCO1. The van der Waals surface area contributed by atoms with E-state index >= 15 is 0 Å². The lowest BCUT2D eigenvalue weighted by molar-refractivity contribution is -0.139. The Kier molecular flexibility index (Phi) is 3.50. The van der Waals surface area contributed by atoms with Crippen molar-refractivity contribution in [2.75, 3.05) is 19.7 Å². The molecule has 4 nitrogen and oxygen atoms in total. The summed E-state index contributed by atoms with van der Waals surface area (Å²) in [5.41, 5.74) is 5.38. The Labute approximate surface area is 85.4 Å². The number of morpholine rings is 1. The summed E-state index contributed by atoms with van der Waals surface area (Å²) in [5, 5.41) is 0. The standard InChI is InChI=1S/C10H20N2O2/c1-8-7-12(4-5-14-8)9(13)6-10(2,3)11/h8H,4-7,11H2,1-3H3. The molecule has 0 radical (unpaired) electrons. The number of hydrogen-bond acceptors (Lipinski definition) is 3. The van der Waals surface area contributed by atoms with E-state index in [1.807, 2.05) is 25.7 Å². The van der Waals surface area contributed by atoms with E-state index in [1.54, 1.807) is 0 Å². The number of nitrogens with zero attached hydrogens (tertiary/aromatic N) is 1. The van der Waals surface area contributed by atoms with Gasteiger partial charge < -0.3 is 15.4 Å². The number of carbonyl (C=O) groups excluding carboxylic acids is 1. The monoisotopic (exact) mass is 200 g/mol. The quantitative estimate of drug-likeness (QED) is 0.700. The second kappa shape index (κ2) is 4.28. The first kappa shape index (κ1) is 11.5. The van der Waals surface area contributed by atoms with Crippen LogP contribution in [0.3, 0.4) is 0 Å². The largest absolute Gasteiger partial charge is 0.375 e. The highest BCUT2D eigenvalue weighted by Gasteiger charge is 2.25. The molecule has 0 spiro atoms. The van der Waals surface area contributed by atoms with Gasteiger partial charge in [-0.3, -0.25) is 4.79 Å². The van der Waals surface area contributed by atoms with E-state index < -0.39 is 5.54 Å². The van der Waals surface area contributed by atoms with Crippen LogP contribution >= 0.6 is 0 Å². The van der Waals surface area contributed by atoms with E-state index in [0.29, 0.717) is 26.1 Å². The summed E-state index contributed by atoms with van der Waals surface area (Å²) >= 11 is 0. The van der Waals surface area contributed by atoms with Gasteiger partial charge >= 0.3 is 0 Å². The second-order valence-electron chi connectivity index (χ2n) is 4.69. The molecule has 2 N–H and O–H groups in total. The van der Waals surface area contributed by atoms with Gasteiger partial charge in [0.05, 0.1) is 12.7 Å². The Balaban J connectivity index is 2.44. The molecule has 1 rings (SSSR count). The van der Waals surface area contributed by atoms with Crippen molar-refractivity contribution in [2.24, 2.45) is 5.73 Å². The Hall–Kier alpha value is -0.610. The molecule has 1 heterocycles. The molecule has 1 saturated heterocycles. The molecule has 0 aromatic carbocycles. The van der Waals surface area contributed by atoms with Crippen LogP contribution in [0.25, 0.3) is 0 Å². The average Bonchev–Trinajstić information content (AvgIpc) is 2.01. The van der Waals surface area contributed by atoms with Crippen LogP contribution in [0.2, 0.25) is 0 Å². The zero-order valence-electron chi connectivity index (χ0n) is 9.25. The fourth-order valence-corrected chi connectivity index (χ4v) is 1.55. The van der Waals surface area contributed by atoms with Crippen LogP contribution in [-0.4, -0.2) is 42.1 Å². The van der Waals surface area contributed by atoms with Crippen LogP contribution in [-0.2, 0) is 9.53 Å². The maximum absolute atomic E-state index is 11.7. The third-order valence-electron chi connectivity index (χ3n) is 2.20. The Morgan fingerprint density at radius 3 is 2.79 bits per heavy atom. The van der Waals surface area contributed by atoms with Gasteiger partial charge in [-0.2, -0.15) is 0 Å². The van der Waals surface area contributed by atoms with Gasteiger partial charge in [0.15, 0.2) is 0 Å². The van der Waals surface area contributed by atoms with Gasteiger partial charge in [0.1, 0.15) is 0 Å². The van der Waals surface area contributed by atoms with Crippen LogP contribution in [0.5, 0.6) is 0 Å². The predicted molar refractivity (Wildman–Crippen MR) is 54.9 cm³/mol. The van der Waals surface area contributed by atoms with Gasteiger partial charge in [0.2, 0.25) is 5.91 Å². The minimum atomic E-state index is -0.418. The third kappa shape index (κ3) is 3.64. The maximum atomic E-state index is 11.7. The van der Waals surface area contributed by atoms with Crippen molar-refractivity contribution in [1.29, 1.82) is 0 Å². The highest BCUT2D eigenvalue weighted by Crippen LogP contribution is 2.10. The van der Waals surface area contributed by atoms with Crippen molar-refractivity contribution in [3.05, 3.63) is 0 Å². The van der Waals surface area contributed by atoms with E-state index in [1.165, 1.54) is 0 Å². The van der Waals surface area contributed by atoms with E-state index in [0.717, 1.165) is 0 Å². The van der Waals surface area contributed by atoms with Crippen molar-refractivity contribution in [3.8, 4) is 0 Å². The van der Waals surface area contributed by atoms with Crippen LogP contribution in [0.15, 0.2) is 0 Å². The zero-order valence-corrected chi connectivity index (χ0v) is 9.25. The summed E-state index contributed by atoms with van der Waals surface area (Å²) in [6.45, 7) is 7.74. The van der Waals surface area contributed by atoms with Crippen LogP contribution in [0.1, 0.15) is 27.2 Å². The number of hydrogen-bond donors (Lipinski definition) is 1. The van der Waals surface area contributed by atoms with Crippen LogP contribution in [0.4, 0.5) is 0 Å². The van der Waals surface area contributed by atoms with Crippen LogP contribution < -0.4 is 5.73 Å². The summed E-state index contributed by atoms with van der Waals surface area (Å²) in [6.07, 6.45) is 0.549. The lowest BCUT2D eigenvalue weighted by Gasteiger charge is -2.33. The van der Waals surface area contributed by atoms with Gasteiger partial charge in [-0.15, -0.1) is 0 Å². The highest BCUT2D eigenvalue weighted by molar-refractivity contribution is 5.77. The first-order valence-corrected chi connectivity index (χ1v) is 5.07. The zero-order chi connectivity index (χ0) is 10.8. The number of amides is 1. The smallest absolute Gasteiger partial charge is 0.224 e. The molecule has 1 unspecified atom stereocenters. The molecular weight excluding hydrogens is 180 g/mol. The summed E-state index contributed by atoms with van der Waals surface area (Å²) in [7, 11) is 0. The van der Waals surface area contributed by atoms with E-state index in [4.69, 9.17) is 10.5 Å². The molecule has 0 aliphatic carbocycles. The molecule has 1 aliphatic heterocycles. The van der Waals surface area contributed by atoms with Gasteiger partial charge in [-0.25, -0.2) is 0 Å². The Bertz CT molecular complexity index is 211. The molecule has 0 aromatic rings. The molecule has 0 aromatic heterocycles. The third-order valence-corrected chi connectivity index (χ3v) is 2.20. The Morgan fingerprint density at radius 1 is 1.64 bits per heavy atom. The van der Waals surface area contributed by atoms with E-state index in [-0.39, 0.29) is 12.0 Å². The first-order valence-electron chi connectivity index (χ1n) is 5.07. The Morgan fingerprint density at radius 2 is 2.29 bits per heavy atom. The molecule has 1 atom stereocenters. The molecule has 0 saturated carbocycles. The lowest BCUT2D eigenvalue weighted by Crippen LogP contribution is -2.48. The van der Waals surface area contributed by atoms with Gasteiger partial charge in [-0.1, -0.05) is 0 Å². The summed E-state index contributed by atoms with van der Waals surface area (Å²) in [6, 6.07) is 0. The number of ether oxygens (including phenoxy) is 1. The summed E-state index contributed by atoms with van der Waals surface area (Å²) in [5.74, 6) is 0.132. The minimum Gasteiger partial charge on any atom is -0.375 e. The minimum absolute atomic E-state index is 0.132. The highest BCUT2D eigenvalue weighted by atomic mass is 16.5. The molecular formula is C10H20N2O2. The number of nitrogens with two attached hydrogens (primary N) is 1. The van der Waals surface area contributed by atoms with Crippen molar-refractivity contribution < 1.29 is 9.53 Å². The fourth-order valence-electron chi connectivity index (χ4n) is 1.55. The average molecular weight is 200 g/mol. The normalized spacial score (nSPS) is 23.7. The van der Waals surface area contributed by atoms with Crippen molar-refractivity contribution in [1.82, 2.24) is 4.90 Å². The predicted octanol–water partition coefficient (Wildman–Crippen LogP) is 0.361. The van der Waals surface area contributed by atoms with Gasteiger partial charge in [-0.05, 0) is 20.8 Å². The van der Waals surface area contributed by atoms with Crippen molar-refractivity contribution in [2.45, 2.75) is 38.8 Å². The van der Waals surface area contributed by atoms with Gasteiger partial charge in [0.25, 0.3) is 0 Å². The molecule has 1 fully saturated rings. The number of rotatable bonds is 2. The first-order chi connectivity index (χ1) is 6.38. The van der Waals surface area contributed by atoms with Crippen molar-refractivity contribution >= 4 is 5.91 Å². The maximum Gasteiger partial charge on any atom is 0.224 e. The molecule has 1 aliphatic rings. The molecule has 0 bridgehead atoms. The summed E-state index contributed by atoms with van der Waals surface area (Å²) in [4.78, 5) is 13.6. The number of carbonyl (C=O) groups is 1. The second-order valence-corrected chi connectivity index (χ2v) is 4.69. The van der Waals surface area contributed by atoms with E-state index in [9.17, 15) is 4.79 Å². The topological polar surface area (TPSA) is 55.6 Å².